The second-order valence-electron chi connectivity index (χ2n) is 7.88. The highest BCUT2D eigenvalue weighted by Gasteiger charge is 2.34. The van der Waals surface area contributed by atoms with Crippen LogP contribution in [0.4, 0.5) is 4.79 Å². The number of piperidine rings is 1. The van der Waals surface area contributed by atoms with E-state index < -0.39 is 0 Å². The molecule has 1 aliphatic carbocycles. The van der Waals surface area contributed by atoms with Gasteiger partial charge in [0.1, 0.15) is 0 Å². The lowest BCUT2D eigenvalue weighted by molar-refractivity contribution is 0.0962. The van der Waals surface area contributed by atoms with Crippen LogP contribution in [-0.2, 0) is 6.54 Å². The lowest BCUT2D eigenvalue weighted by Gasteiger charge is -2.39. The number of amides is 2. The summed E-state index contributed by atoms with van der Waals surface area (Å²) in [6, 6.07) is 0.0832. The zero-order valence-corrected chi connectivity index (χ0v) is 14.9. The van der Waals surface area contributed by atoms with E-state index in [1.54, 1.807) is 0 Å². The summed E-state index contributed by atoms with van der Waals surface area (Å²) < 4.78 is 5.40. The molecule has 1 aromatic heterocycles. The average Bonchev–Trinajstić information content (AvgIpc) is 3.40. The first-order valence-corrected chi connectivity index (χ1v) is 9.81. The normalized spacial score (nSPS) is 26.6. The highest BCUT2D eigenvalue weighted by Crippen LogP contribution is 2.38. The summed E-state index contributed by atoms with van der Waals surface area (Å²) in [7, 11) is 0. The largest absolute Gasteiger partial charge is 0.351 e. The molecule has 1 atom stereocenters. The molecule has 0 aromatic carbocycles. The second kappa shape index (κ2) is 7.32. The average molecular weight is 347 g/mol. The number of nitrogens with zero attached hydrogens (tertiary/aromatic N) is 4. The predicted molar refractivity (Wildman–Crippen MR) is 92.8 cm³/mol. The molecule has 3 heterocycles. The lowest BCUT2D eigenvalue weighted by Crippen LogP contribution is -2.49. The van der Waals surface area contributed by atoms with Crippen molar-refractivity contribution < 1.29 is 9.32 Å². The Balaban J connectivity index is 1.31. The number of carbonyl (C=O) groups is 1. The Labute approximate surface area is 148 Å². The van der Waals surface area contributed by atoms with Crippen LogP contribution < -0.4 is 5.73 Å². The highest BCUT2D eigenvalue weighted by molar-refractivity contribution is 5.72. The van der Waals surface area contributed by atoms with Gasteiger partial charge in [-0.1, -0.05) is 18.0 Å². The maximum atomic E-state index is 11.8. The van der Waals surface area contributed by atoms with E-state index in [9.17, 15) is 4.79 Å². The van der Waals surface area contributed by atoms with Gasteiger partial charge in [0.25, 0.3) is 0 Å². The summed E-state index contributed by atoms with van der Waals surface area (Å²) in [4.78, 5) is 20.7. The Morgan fingerprint density at radius 3 is 2.60 bits per heavy atom. The Morgan fingerprint density at radius 1 is 1.08 bits per heavy atom. The lowest BCUT2D eigenvalue weighted by atomic mass is 9.86. The van der Waals surface area contributed by atoms with E-state index in [-0.39, 0.29) is 6.03 Å². The molecular weight excluding hydrogens is 318 g/mol. The van der Waals surface area contributed by atoms with Crippen LogP contribution in [0.5, 0.6) is 0 Å². The van der Waals surface area contributed by atoms with Crippen LogP contribution in [0.25, 0.3) is 0 Å². The van der Waals surface area contributed by atoms with Crippen LogP contribution >= 0.6 is 0 Å². The first kappa shape index (κ1) is 16.8. The molecule has 2 N–H and O–H groups in total. The summed E-state index contributed by atoms with van der Waals surface area (Å²) in [5.74, 6) is 2.74. The van der Waals surface area contributed by atoms with Crippen LogP contribution in [0.3, 0.4) is 0 Å². The highest BCUT2D eigenvalue weighted by atomic mass is 16.5. The van der Waals surface area contributed by atoms with Crippen LogP contribution in [-0.4, -0.2) is 51.6 Å². The standard InChI is InChI=1S/C18H29N5O2/c19-18(24)23-9-3-1-2-4-15(23)13-7-10-22(11-8-13)12-16-20-17(21-25-16)14-5-6-14/h13-15H,1-12H2,(H2,19,24)/t15-/m1/s1. The van der Waals surface area contributed by atoms with Gasteiger partial charge >= 0.3 is 6.03 Å². The third-order valence-electron chi connectivity index (χ3n) is 6.04. The monoisotopic (exact) mass is 347 g/mol. The number of hydrogen-bond acceptors (Lipinski definition) is 5. The van der Waals surface area contributed by atoms with E-state index in [0.29, 0.717) is 17.9 Å². The number of carbonyl (C=O) groups excluding carboxylic acids is 1. The Kier molecular flexibility index (Phi) is 4.92. The maximum Gasteiger partial charge on any atom is 0.315 e. The minimum absolute atomic E-state index is 0.243. The smallest absolute Gasteiger partial charge is 0.315 e. The van der Waals surface area contributed by atoms with E-state index >= 15 is 0 Å². The van der Waals surface area contributed by atoms with Crippen LogP contribution in [0.15, 0.2) is 4.52 Å². The zero-order valence-electron chi connectivity index (χ0n) is 14.9. The van der Waals surface area contributed by atoms with Gasteiger partial charge in [-0.05, 0) is 57.5 Å². The van der Waals surface area contributed by atoms with Crippen molar-refractivity contribution in [2.45, 2.75) is 69.9 Å². The first-order chi connectivity index (χ1) is 12.2. The van der Waals surface area contributed by atoms with Crippen LogP contribution in [0.1, 0.15) is 69.0 Å². The van der Waals surface area contributed by atoms with Crippen molar-refractivity contribution in [2.24, 2.45) is 11.7 Å². The fourth-order valence-electron chi connectivity index (χ4n) is 4.42. The van der Waals surface area contributed by atoms with E-state index in [1.807, 2.05) is 4.90 Å². The zero-order chi connectivity index (χ0) is 17.2. The van der Waals surface area contributed by atoms with Crippen molar-refractivity contribution in [2.75, 3.05) is 19.6 Å². The Hall–Kier alpha value is -1.63. The SMILES string of the molecule is NC(=O)N1CCCCC[C@@H]1C1CCN(Cc2nc(C3CC3)no2)CC1. The molecule has 0 unspecified atom stereocenters. The van der Waals surface area contributed by atoms with Gasteiger partial charge in [-0.25, -0.2) is 4.79 Å². The van der Waals surface area contributed by atoms with Crippen molar-refractivity contribution >= 4 is 6.03 Å². The van der Waals surface area contributed by atoms with Gasteiger partial charge in [0.2, 0.25) is 5.89 Å². The number of urea groups is 1. The van der Waals surface area contributed by atoms with E-state index in [0.717, 1.165) is 63.6 Å². The molecule has 1 aromatic rings. The predicted octanol–water partition coefficient (Wildman–Crippen LogP) is 2.48. The molecule has 0 bridgehead atoms. The van der Waals surface area contributed by atoms with Crippen molar-refractivity contribution in [3.05, 3.63) is 11.7 Å². The van der Waals surface area contributed by atoms with Gasteiger partial charge in [-0.2, -0.15) is 4.98 Å². The van der Waals surface area contributed by atoms with Crippen LogP contribution in [0.2, 0.25) is 0 Å². The van der Waals surface area contributed by atoms with Gasteiger partial charge in [0.15, 0.2) is 5.82 Å². The first-order valence-electron chi connectivity index (χ1n) is 9.81. The molecule has 0 spiro atoms. The molecule has 2 saturated heterocycles. The van der Waals surface area contributed by atoms with E-state index in [4.69, 9.17) is 10.3 Å². The quantitative estimate of drug-likeness (QED) is 0.904. The van der Waals surface area contributed by atoms with Crippen molar-refractivity contribution in [1.82, 2.24) is 19.9 Å². The number of aromatic nitrogens is 2. The van der Waals surface area contributed by atoms with Crippen LogP contribution in [0, 0.1) is 5.92 Å². The number of rotatable bonds is 4. The van der Waals surface area contributed by atoms with Crippen molar-refractivity contribution in [3.8, 4) is 0 Å². The van der Waals surface area contributed by atoms with Gasteiger partial charge in [-0.3, -0.25) is 4.90 Å². The van der Waals surface area contributed by atoms with Gasteiger partial charge in [0, 0.05) is 18.5 Å². The third kappa shape index (κ3) is 3.97. The Morgan fingerprint density at radius 2 is 1.88 bits per heavy atom. The maximum absolute atomic E-state index is 11.8. The summed E-state index contributed by atoms with van der Waals surface area (Å²) in [5.41, 5.74) is 5.64. The molecule has 7 heteroatoms. The van der Waals surface area contributed by atoms with E-state index in [2.05, 4.69) is 15.0 Å². The molecule has 0 radical (unpaired) electrons. The molecule has 4 rings (SSSR count). The van der Waals surface area contributed by atoms with Gasteiger partial charge < -0.3 is 15.2 Å². The minimum Gasteiger partial charge on any atom is -0.351 e. The summed E-state index contributed by atoms with van der Waals surface area (Å²) in [6.45, 7) is 3.62. The number of likely N-dealkylation sites (tertiary alicyclic amines) is 2. The summed E-state index contributed by atoms with van der Waals surface area (Å²) >= 11 is 0. The number of primary amides is 1. The molecular formula is C18H29N5O2. The molecule has 7 nitrogen and oxygen atoms in total. The fraction of sp³-hybridized carbons (Fsp3) is 0.833. The second-order valence-corrected chi connectivity index (χ2v) is 7.88. The van der Waals surface area contributed by atoms with Crippen molar-refractivity contribution in [3.63, 3.8) is 0 Å². The molecule has 2 aliphatic heterocycles. The fourth-order valence-corrected chi connectivity index (χ4v) is 4.42. The van der Waals surface area contributed by atoms with Gasteiger partial charge in [-0.15, -0.1) is 0 Å². The minimum atomic E-state index is -0.243. The molecule has 3 fully saturated rings. The molecule has 25 heavy (non-hydrogen) atoms. The topological polar surface area (TPSA) is 88.5 Å². The van der Waals surface area contributed by atoms with Crippen molar-refractivity contribution in [1.29, 1.82) is 0 Å². The molecule has 1 saturated carbocycles. The summed E-state index contributed by atoms with van der Waals surface area (Å²) in [6.07, 6.45) is 9.21. The van der Waals surface area contributed by atoms with E-state index in [1.165, 1.54) is 25.7 Å². The third-order valence-corrected chi connectivity index (χ3v) is 6.04. The Bertz CT molecular complexity index is 592. The summed E-state index contributed by atoms with van der Waals surface area (Å²) in [5, 5.41) is 4.10. The number of hydrogen-bond donors (Lipinski definition) is 1. The molecule has 2 amide bonds. The molecule has 3 aliphatic rings. The molecule has 138 valence electrons. The van der Waals surface area contributed by atoms with Gasteiger partial charge in [0.05, 0.1) is 6.54 Å². The number of nitrogens with two attached hydrogens (primary N) is 1.